The SMILES string of the molecule is CCc1cccc(OCC(=O)Nc2ccc(CC(=O)N(C)C)cc2)c1. The summed E-state index contributed by atoms with van der Waals surface area (Å²) >= 11 is 0. The summed E-state index contributed by atoms with van der Waals surface area (Å²) in [6.07, 6.45) is 1.27. The van der Waals surface area contributed by atoms with Crippen LogP contribution in [-0.4, -0.2) is 37.4 Å². The number of carbonyl (C=O) groups excluding carboxylic acids is 2. The molecule has 25 heavy (non-hydrogen) atoms. The molecule has 132 valence electrons. The van der Waals surface area contributed by atoms with E-state index in [0.717, 1.165) is 12.0 Å². The van der Waals surface area contributed by atoms with Crippen LogP contribution in [-0.2, 0) is 22.4 Å². The van der Waals surface area contributed by atoms with Crippen LogP contribution in [0.3, 0.4) is 0 Å². The van der Waals surface area contributed by atoms with Crippen molar-refractivity contribution in [3.05, 3.63) is 59.7 Å². The van der Waals surface area contributed by atoms with Gasteiger partial charge in [0.15, 0.2) is 6.61 Å². The maximum atomic E-state index is 12.0. The van der Waals surface area contributed by atoms with Crippen molar-refractivity contribution >= 4 is 17.5 Å². The van der Waals surface area contributed by atoms with Gasteiger partial charge >= 0.3 is 0 Å². The molecule has 0 aliphatic rings. The van der Waals surface area contributed by atoms with Gasteiger partial charge in [-0.2, -0.15) is 0 Å². The van der Waals surface area contributed by atoms with Crippen molar-refractivity contribution in [1.29, 1.82) is 0 Å². The monoisotopic (exact) mass is 340 g/mol. The minimum absolute atomic E-state index is 0.0412. The summed E-state index contributed by atoms with van der Waals surface area (Å²) in [6.45, 7) is 2.02. The number of likely N-dealkylation sites (N-methyl/N-ethyl adjacent to an activating group) is 1. The van der Waals surface area contributed by atoms with Gasteiger partial charge in [0.2, 0.25) is 5.91 Å². The lowest BCUT2D eigenvalue weighted by Gasteiger charge is -2.11. The Morgan fingerprint density at radius 3 is 2.40 bits per heavy atom. The van der Waals surface area contributed by atoms with Crippen molar-refractivity contribution in [2.45, 2.75) is 19.8 Å². The van der Waals surface area contributed by atoms with E-state index in [1.807, 2.05) is 36.4 Å². The molecule has 0 bridgehead atoms. The van der Waals surface area contributed by atoms with Gasteiger partial charge in [-0.25, -0.2) is 0 Å². The molecule has 0 radical (unpaired) electrons. The van der Waals surface area contributed by atoms with Crippen LogP contribution in [0.5, 0.6) is 5.75 Å². The number of amides is 2. The molecule has 0 saturated carbocycles. The molecule has 2 rings (SSSR count). The Kier molecular flexibility index (Phi) is 6.57. The van der Waals surface area contributed by atoms with Gasteiger partial charge in [-0.1, -0.05) is 31.2 Å². The van der Waals surface area contributed by atoms with Crippen molar-refractivity contribution < 1.29 is 14.3 Å². The lowest BCUT2D eigenvalue weighted by atomic mass is 10.1. The van der Waals surface area contributed by atoms with Gasteiger partial charge in [-0.15, -0.1) is 0 Å². The molecule has 2 aromatic rings. The molecular formula is C20H24N2O3. The molecule has 0 saturated heterocycles. The zero-order chi connectivity index (χ0) is 18.2. The summed E-state index contributed by atoms with van der Waals surface area (Å²) in [6, 6.07) is 15.0. The Bertz CT molecular complexity index is 724. The Morgan fingerprint density at radius 2 is 1.76 bits per heavy atom. The predicted molar refractivity (Wildman–Crippen MR) is 98.8 cm³/mol. The number of hydrogen-bond acceptors (Lipinski definition) is 3. The number of rotatable bonds is 7. The van der Waals surface area contributed by atoms with E-state index in [2.05, 4.69) is 12.2 Å². The van der Waals surface area contributed by atoms with Gasteiger partial charge in [-0.3, -0.25) is 9.59 Å². The third-order valence-corrected chi connectivity index (χ3v) is 3.77. The zero-order valence-electron chi connectivity index (χ0n) is 14.9. The third-order valence-electron chi connectivity index (χ3n) is 3.77. The van der Waals surface area contributed by atoms with Crippen LogP contribution in [0.4, 0.5) is 5.69 Å². The molecule has 0 fully saturated rings. The Hall–Kier alpha value is -2.82. The Morgan fingerprint density at radius 1 is 1.04 bits per heavy atom. The molecule has 0 atom stereocenters. The summed E-state index contributed by atoms with van der Waals surface area (Å²) in [5, 5.41) is 2.78. The number of carbonyl (C=O) groups is 2. The Balaban J connectivity index is 1.84. The smallest absolute Gasteiger partial charge is 0.262 e. The zero-order valence-corrected chi connectivity index (χ0v) is 14.9. The quantitative estimate of drug-likeness (QED) is 0.843. The fourth-order valence-electron chi connectivity index (χ4n) is 2.24. The molecule has 5 nitrogen and oxygen atoms in total. The van der Waals surface area contributed by atoms with Crippen LogP contribution < -0.4 is 10.1 Å². The molecule has 5 heteroatoms. The van der Waals surface area contributed by atoms with Crippen molar-refractivity contribution in [1.82, 2.24) is 4.90 Å². The van der Waals surface area contributed by atoms with Gasteiger partial charge in [-0.05, 0) is 41.8 Å². The molecule has 1 N–H and O–H groups in total. The number of aryl methyl sites for hydroxylation is 1. The summed E-state index contributed by atoms with van der Waals surface area (Å²) in [4.78, 5) is 25.2. The normalized spacial score (nSPS) is 10.2. The topological polar surface area (TPSA) is 58.6 Å². The third kappa shape index (κ3) is 5.95. The second-order valence-corrected chi connectivity index (χ2v) is 6.00. The average molecular weight is 340 g/mol. The van der Waals surface area contributed by atoms with Crippen LogP contribution in [0.15, 0.2) is 48.5 Å². The molecule has 0 heterocycles. The minimum Gasteiger partial charge on any atom is -0.484 e. The fraction of sp³-hybridized carbons (Fsp3) is 0.300. The lowest BCUT2D eigenvalue weighted by Crippen LogP contribution is -2.23. The number of anilines is 1. The van der Waals surface area contributed by atoms with E-state index < -0.39 is 0 Å². The molecule has 0 unspecified atom stereocenters. The van der Waals surface area contributed by atoms with E-state index in [-0.39, 0.29) is 18.4 Å². The van der Waals surface area contributed by atoms with Gasteiger partial charge < -0.3 is 15.0 Å². The highest BCUT2D eigenvalue weighted by molar-refractivity contribution is 5.92. The van der Waals surface area contributed by atoms with Crippen molar-refractivity contribution in [2.75, 3.05) is 26.0 Å². The largest absolute Gasteiger partial charge is 0.484 e. The fourth-order valence-corrected chi connectivity index (χ4v) is 2.24. The standard InChI is InChI=1S/C20H24N2O3/c1-4-15-6-5-7-18(12-15)25-14-19(23)21-17-10-8-16(9-11-17)13-20(24)22(2)3/h5-12H,4,13-14H2,1-3H3,(H,21,23). The summed E-state index contributed by atoms with van der Waals surface area (Å²) < 4.78 is 5.52. The van der Waals surface area contributed by atoms with Crippen LogP contribution in [0, 0.1) is 0 Å². The Labute approximate surface area is 148 Å². The molecule has 2 amide bonds. The highest BCUT2D eigenvalue weighted by Gasteiger charge is 2.07. The summed E-state index contributed by atoms with van der Waals surface area (Å²) in [7, 11) is 3.46. The van der Waals surface area contributed by atoms with Crippen molar-refractivity contribution in [2.24, 2.45) is 0 Å². The number of ether oxygens (including phenoxy) is 1. The number of benzene rings is 2. The van der Waals surface area contributed by atoms with Crippen LogP contribution in [0.1, 0.15) is 18.1 Å². The van der Waals surface area contributed by atoms with E-state index in [1.165, 1.54) is 5.56 Å². The second kappa shape index (κ2) is 8.87. The number of nitrogens with one attached hydrogen (secondary N) is 1. The van der Waals surface area contributed by atoms with E-state index in [0.29, 0.717) is 17.9 Å². The highest BCUT2D eigenvalue weighted by Crippen LogP contribution is 2.14. The molecule has 0 aromatic heterocycles. The van der Waals surface area contributed by atoms with Gasteiger partial charge in [0.05, 0.1) is 6.42 Å². The molecule has 2 aromatic carbocycles. The number of nitrogens with zero attached hydrogens (tertiary/aromatic N) is 1. The average Bonchev–Trinajstić information content (AvgIpc) is 2.61. The van der Waals surface area contributed by atoms with Gasteiger partial charge in [0.1, 0.15) is 5.75 Å². The maximum Gasteiger partial charge on any atom is 0.262 e. The van der Waals surface area contributed by atoms with Gasteiger partial charge in [0, 0.05) is 19.8 Å². The second-order valence-electron chi connectivity index (χ2n) is 6.00. The predicted octanol–water partition coefficient (Wildman–Crippen LogP) is 2.90. The first-order valence-corrected chi connectivity index (χ1v) is 8.28. The van der Waals surface area contributed by atoms with E-state index in [4.69, 9.17) is 4.74 Å². The van der Waals surface area contributed by atoms with E-state index >= 15 is 0 Å². The first-order chi connectivity index (χ1) is 12.0. The van der Waals surface area contributed by atoms with Crippen LogP contribution >= 0.6 is 0 Å². The summed E-state index contributed by atoms with van der Waals surface area (Å²) in [5.41, 5.74) is 2.75. The first-order valence-electron chi connectivity index (χ1n) is 8.28. The minimum atomic E-state index is -0.223. The van der Waals surface area contributed by atoms with Crippen LogP contribution in [0.25, 0.3) is 0 Å². The van der Waals surface area contributed by atoms with Crippen molar-refractivity contribution in [3.63, 3.8) is 0 Å². The van der Waals surface area contributed by atoms with Crippen LogP contribution in [0.2, 0.25) is 0 Å². The maximum absolute atomic E-state index is 12.0. The van der Waals surface area contributed by atoms with Crippen molar-refractivity contribution in [3.8, 4) is 5.75 Å². The molecule has 0 aliphatic carbocycles. The van der Waals surface area contributed by atoms with Gasteiger partial charge in [0.25, 0.3) is 5.91 Å². The summed E-state index contributed by atoms with van der Waals surface area (Å²) in [5.74, 6) is 0.505. The molecular weight excluding hydrogens is 316 g/mol. The highest BCUT2D eigenvalue weighted by atomic mass is 16.5. The molecule has 0 aliphatic heterocycles. The van der Waals surface area contributed by atoms with E-state index in [9.17, 15) is 9.59 Å². The molecule has 0 spiro atoms. The van der Waals surface area contributed by atoms with E-state index in [1.54, 1.807) is 31.1 Å². The first kappa shape index (κ1) is 18.5. The lowest BCUT2D eigenvalue weighted by molar-refractivity contribution is -0.128. The number of hydrogen-bond donors (Lipinski definition) is 1.